The van der Waals surface area contributed by atoms with E-state index in [1.54, 1.807) is 5.38 Å². The van der Waals surface area contributed by atoms with Gasteiger partial charge in [0.2, 0.25) is 0 Å². The lowest BCUT2D eigenvalue weighted by atomic mass is 10.2. The van der Waals surface area contributed by atoms with Gasteiger partial charge in [-0.2, -0.15) is 0 Å². The molecular formula is C14H12F3NO2S. The summed E-state index contributed by atoms with van der Waals surface area (Å²) in [5.41, 5.74) is 0.835. The van der Waals surface area contributed by atoms with Gasteiger partial charge < -0.3 is 10.1 Å². The lowest BCUT2D eigenvalue weighted by Crippen LogP contribution is -2.19. The Bertz CT molecular complexity index is 637. The van der Waals surface area contributed by atoms with Gasteiger partial charge in [0, 0.05) is 0 Å². The number of halogens is 3. The molecule has 0 aliphatic carbocycles. The van der Waals surface area contributed by atoms with Crippen molar-refractivity contribution in [1.82, 2.24) is 0 Å². The van der Waals surface area contributed by atoms with Gasteiger partial charge in [-0.15, -0.1) is 24.5 Å². The first-order chi connectivity index (χ1) is 9.90. The summed E-state index contributed by atoms with van der Waals surface area (Å²) >= 11 is 1.25. The van der Waals surface area contributed by atoms with Crippen LogP contribution in [-0.2, 0) is 6.42 Å². The molecular weight excluding hydrogens is 303 g/mol. The molecule has 0 radical (unpaired) electrons. The van der Waals surface area contributed by atoms with Crippen LogP contribution in [0.4, 0.5) is 18.9 Å². The Balaban J connectivity index is 2.22. The number of aryl methyl sites for hydroxylation is 1. The first kappa shape index (κ1) is 15.4. The van der Waals surface area contributed by atoms with Crippen molar-refractivity contribution >= 4 is 22.9 Å². The van der Waals surface area contributed by atoms with Crippen LogP contribution >= 0.6 is 11.3 Å². The Labute approximate surface area is 123 Å². The third-order valence-corrected chi connectivity index (χ3v) is 3.65. The number of carbonyl (C=O) groups is 1. The summed E-state index contributed by atoms with van der Waals surface area (Å²) in [5.74, 6) is -0.881. The fourth-order valence-electron chi connectivity index (χ4n) is 1.78. The minimum absolute atomic E-state index is 0.0183. The molecule has 1 aromatic carbocycles. The normalized spacial score (nSPS) is 11.2. The van der Waals surface area contributed by atoms with Gasteiger partial charge in [0.25, 0.3) is 5.91 Å². The number of para-hydroxylation sites is 2. The van der Waals surface area contributed by atoms with Crippen molar-refractivity contribution < 1.29 is 22.7 Å². The number of nitrogens with one attached hydrogen (secondary N) is 1. The van der Waals surface area contributed by atoms with E-state index in [1.807, 2.05) is 13.0 Å². The Morgan fingerprint density at radius 2 is 2.00 bits per heavy atom. The predicted octanol–water partition coefficient (Wildman–Crippen LogP) is 4.46. The van der Waals surface area contributed by atoms with Crippen molar-refractivity contribution in [2.75, 3.05) is 5.32 Å². The molecule has 112 valence electrons. The number of anilines is 1. The zero-order chi connectivity index (χ0) is 15.5. The third kappa shape index (κ3) is 3.98. The third-order valence-electron chi connectivity index (χ3n) is 2.69. The molecule has 0 fully saturated rings. The van der Waals surface area contributed by atoms with E-state index in [0.29, 0.717) is 11.3 Å². The summed E-state index contributed by atoms with van der Waals surface area (Å²) in [7, 11) is 0. The molecule has 1 amide bonds. The quantitative estimate of drug-likeness (QED) is 0.904. The molecule has 0 saturated heterocycles. The number of amides is 1. The number of rotatable bonds is 4. The monoisotopic (exact) mass is 315 g/mol. The highest BCUT2D eigenvalue weighted by Gasteiger charge is 2.32. The van der Waals surface area contributed by atoms with Crippen molar-refractivity contribution in [3.8, 4) is 5.75 Å². The standard InChI is InChI=1S/C14H12F3NO2S/c1-2-9-7-8-21-12(9)13(19)18-10-5-3-4-6-11(10)20-14(15,16)17/h3-8H,2H2,1H3,(H,18,19). The van der Waals surface area contributed by atoms with E-state index in [4.69, 9.17) is 0 Å². The maximum Gasteiger partial charge on any atom is 0.573 e. The van der Waals surface area contributed by atoms with Crippen LogP contribution in [0.25, 0.3) is 0 Å². The largest absolute Gasteiger partial charge is 0.573 e. The number of ether oxygens (including phenoxy) is 1. The maximum atomic E-state index is 12.3. The van der Waals surface area contributed by atoms with E-state index in [1.165, 1.54) is 29.5 Å². The van der Waals surface area contributed by atoms with E-state index in [-0.39, 0.29) is 5.69 Å². The molecule has 1 heterocycles. The smallest absolute Gasteiger partial charge is 0.404 e. The van der Waals surface area contributed by atoms with Gasteiger partial charge in [-0.05, 0) is 35.6 Å². The number of hydrogen-bond acceptors (Lipinski definition) is 3. The first-order valence-corrected chi connectivity index (χ1v) is 7.01. The Hall–Kier alpha value is -2.02. The molecule has 1 aromatic heterocycles. The lowest BCUT2D eigenvalue weighted by molar-refractivity contribution is -0.274. The van der Waals surface area contributed by atoms with Gasteiger partial charge in [0.15, 0.2) is 5.75 Å². The predicted molar refractivity (Wildman–Crippen MR) is 74.8 cm³/mol. The van der Waals surface area contributed by atoms with Crippen LogP contribution in [0.5, 0.6) is 5.75 Å². The number of carbonyl (C=O) groups excluding carboxylic acids is 1. The Morgan fingerprint density at radius 3 is 2.67 bits per heavy atom. The van der Waals surface area contributed by atoms with Crippen LogP contribution in [0.1, 0.15) is 22.2 Å². The highest BCUT2D eigenvalue weighted by Crippen LogP contribution is 2.30. The highest BCUT2D eigenvalue weighted by molar-refractivity contribution is 7.12. The lowest BCUT2D eigenvalue weighted by Gasteiger charge is -2.13. The molecule has 0 spiro atoms. The molecule has 0 aliphatic heterocycles. The van der Waals surface area contributed by atoms with E-state index < -0.39 is 18.0 Å². The van der Waals surface area contributed by atoms with Crippen LogP contribution in [0.3, 0.4) is 0 Å². The van der Waals surface area contributed by atoms with Crippen molar-refractivity contribution in [3.63, 3.8) is 0 Å². The molecule has 2 aromatic rings. The van der Waals surface area contributed by atoms with Gasteiger partial charge in [-0.3, -0.25) is 4.79 Å². The van der Waals surface area contributed by atoms with Crippen LogP contribution in [0, 0.1) is 0 Å². The van der Waals surface area contributed by atoms with Crippen molar-refractivity contribution in [2.24, 2.45) is 0 Å². The van der Waals surface area contributed by atoms with Gasteiger partial charge >= 0.3 is 6.36 Å². The molecule has 2 rings (SSSR count). The molecule has 0 saturated carbocycles. The molecule has 21 heavy (non-hydrogen) atoms. The minimum atomic E-state index is -4.81. The zero-order valence-electron chi connectivity index (χ0n) is 11.0. The average molecular weight is 315 g/mol. The van der Waals surface area contributed by atoms with Crippen molar-refractivity contribution in [2.45, 2.75) is 19.7 Å². The second kappa shape index (κ2) is 6.17. The zero-order valence-corrected chi connectivity index (χ0v) is 11.8. The molecule has 7 heteroatoms. The van der Waals surface area contributed by atoms with E-state index >= 15 is 0 Å². The molecule has 3 nitrogen and oxygen atoms in total. The molecule has 1 N–H and O–H groups in total. The molecule has 0 aliphatic rings. The summed E-state index contributed by atoms with van der Waals surface area (Å²) in [6, 6.07) is 7.25. The Morgan fingerprint density at radius 1 is 1.29 bits per heavy atom. The second-order valence-corrected chi connectivity index (χ2v) is 5.04. The minimum Gasteiger partial charge on any atom is -0.404 e. The molecule has 0 atom stereocenters. The number of thiophene rings is 1. The van der Waals surface area contributed by atoms with E-state index in [9.17, 15) is 18.0 Å². The van der Waals surface area contributed by atoms with Crippen molar-refractivity contribution in [1.29, 1.82) is 0 Å². The van der Waals surface area contributed by atoms with Crippen LogP contribution in [-0.4, -0.2) is 12.3 Å². The summed E-state index contributed by atoms with van der Waals surface area (Å²) in [6.45, 7) is 1.90. The van der Waals surface area contributed by atoms with E-state index in [0.717, 1.165) is 11.6 Å². The summed E-state index contributed by atoms with van der Waals surface area (Å²) in [4.78, 5) is 12.6. The van der Waals surface area contributed by atoms with Crippen LogP contribution < -0.4 is 10.1 Å². The Kier molecular flexibility index (Phi) is 4.52. The number of benzene rings is 1. The van der Waals surface area contributed by atoms with Crippen LogP contribution in [0.15, 0.2) is 35.7 Å². The molecule has 0 bridgehead atoms. The summed E-state index contributed by atoms with van der Waals surface area (Å²) in [5, 5.41) is 4.23. The second-order valence-electron chi connectivity index (χ2n) is 4.13. The number of hydrogen-bond donors (Lipinski definition) is 1. The maximum absolute atomic E-state index is 12.3. The number of alkyl halides is 3. The summed E-state index contributed by atoms with van der Waals surface area (Å²) < 4.78 is 40.9. The average Bonchev–Trinajstić information content (AvgIpc) is 2.87. The van der Waals surface area contributed by atoms with Crippen molar-refractivity contribution in [3.05, 3.63) is 46.2 Å². The highest BCUT2D eigenvalue weighted by atomic mass is 32.1. The first-order valence-electron chi connectivity index (χ1n) is 6.13. The van der Waals surface area contributed by atoms with Gasteiger partial charge in [0.05, 0.1) is 10.6 Å². The molecule has 0 unspecified atom stereocenters. The van der Waals surface area contributed by atoms with Gasteiger partial charge in [-0.25, -0.2) is 0 Å². The fourth-order valence-corrected chi connectivity index (χ4v) is 2.67. The van der Waals surface area contributed by atoms with Gasteiger partial charge in [-0.1, -0.05) is 19.1 Å². The summed E-state index contributed by atoms with van der Waals surface area (Å²) in [6.07, 6.45) is -4.13. The topological polar surface area (TPSA) is 38.3 Å². The van der Waals surface area contributed by atoms with Crippen LogP contribution in [0.2, 0.25) is 0 Å². The van der Waals surface area contributed by atoms with Gasteiger partial charge in [0.1, 0.15) is 0 Å². The van der Waals surface area contributed by atoms with E-state index in [2.05, 4.69) is 10.1 Å². The SMILES string of the molecule is CCc1ccsc1C(=O)Nc1ccccc1OC(F)(F)F. The fraction of sp³-hybridized carbons (Fsp3) is 0.214.